The van der Waals surface area contributed by atoms with Gasteiger partial charge in [-0.2, -0.15) is 0 Å². The van der Waals surface area contributed by atoms with E-state index in [1.807, 2.05) is 20.8 Å². The summed E-state index contributed by atoms with van der Waals surface area (Å²) in [6.45, 7) is 9.11. The average Bonchev–Trinajstić information content (AvgIpc) is 2.62. The SMILES string of the molecule is Cc1nc(C)c(CN2C(C)CCC(C(=O)O)C2C)s1. The molecule has 19 heavy (non-hydrogen) atoms. The van der Waals surface area contributed by atoms with Gasteiger partial charge in [-0.3, -0.25) is 9.69 Å². The van der Waals surface area contributed by atoms with Gasteiger partial charge in [-0.1, -0.05) is 0 Å². The van der Waals surface area contributed by atoms with E-state index in [0.717, 1.165) is 30.1 Å². The summed E-state index contributed by atoms with van der Waals surface area (Å²) in [4.78, 5) is 19.3. The molecular weight excluding hydrogens is 260 g/mol. The van der Waals surface area contributed by atoms with Gasteiger partial charge in [0.05, 0.1) is 16.6 Å². The summed E-state index contributed by atoms with van der Waals surface area (Å²) in [6.07, 6.45) is 1.74. The fourth-order valence-corrected chi connectivity index (χ4v) is 3.92. The first kappa shape index (κ1) is 14.5. The average molecular weight is 282 g/mol. The molecule has 0 aliphatic carbocycles. The molecule has 0 aromatic carbocycles. The number of carboxylic acids is 1. The highest BCUT2D eigenvalue weighted by Gasteiger charge is 2.36. The van der Waals surface area contributed by atoms with E-state index in [0.29, 0.717) is 6.04 Å². The summed E-state index contributed by atoms with van der Waals surface area (Å²) in [5.74, 6) is -0.910. The van der Waals surface area contributed by atoms with Crippen molar-refractivity contribution in [1.29, 1.82) is 0 Å². The highest BCUT2D eigenvalue weighted by atomic mass is 32.1. The minimum atomic E-state index is -0.665. The van der Waals surface area contributed by atoms with Gasteiger partial charge in [0.1, 0.15) is 0 Å². The van der Waals surface area contributed by atoms with Gasteiger partial charge in [0, 0.05) is 23.5 Å². The third-order valence-corrected chi connectivity index (χ3v) is 5.27. The molecule has 3 unspecified atom stereocenters. The molecule has 1 aromatic rings. The Balaban J connectivity index is 2.16. The van der Waals surface area contributed by atoms with Gasteiger partial charge in [-0.15, -0.1) is 11.3 Å². The van der Waals surface area contributed by atoms with E-state index in [1.165, 1.54) is 4.88 Å². The normalized spacial score (nSPS) is 28.5. The fourth-order valence-electron chi connectivity index (χ4n) is 2.98. The van der Waals surface area contributed by atoms with Crippen LogP contribution in [0, 0.1) is 19.8 Å². The zero-order valence-corrected chi connectivity index (χ0v) is 12.8. The number of carboxylic acid groups (broad SMARTS) is 1. The lowest BCUT2D eigenvalue weighted by atomic mass is 9.86. The van der Waals surface area contributed by atoms with Crippen LogP contribution in [0.1, 0.15) is 42.3 Å². The van der Waals surface area contributed by atoms with Crippen molar-refractivity contribution in [2.75, 3.05) is 0 Å². The van der Waals surface area contributed by atoms with Crippen LogP contribution in [-0.4, -0.2) is 33.0 Å². The van der Waals surface area contributed by atoms with E-state index in [1.54, 1.807) is 11.3 Å². The van der Waals surface area contributed by atoms with E-state index in [4.69, 9.17) is 0 Å². The molecule has 4 nitrogen and oxygen atoms in total. The zero-order valence-electron chi connectivity index (χ0n) is 12.0. The van der Waals surface area contributed by atoms with Gasteiger partial charge >= 0.3 is 5.97 Å². The molecule has 0 amide bonds. The van der Waals surface area contributed by atoms with Gasteiger partial charge in [0.15, 0.2) is 0 Å². The molecule has 2 rings (SSSR count). The number of hydrogen-bond acceptors (Lipinski definition) is 4. The van der Waals surface area contributed by atoms with E-state index < -0.39 is 5.97 Å². The van der Waals surface area contributed by atoms with Crippen LogP contribution < -0.4 is 0 Å². The second-order valence-corrected chi connectivity index (χ2v) is 6.81. The number of aryl methyl sites for hydroxylation is 2. The van der Waals surface area contributed by atoms with Crippen LogP contribution in [0.3, 0.4) is 0 Å². The monoisotopic (exact) mass is 282 g/mol. The van der Waals surface area contributed by atoms with Crippen molar-refractivity contribution < 1.29 is 9.90 Å². The second kappa shape index (κ2) is 5.59. The maximum absolute atomic E-state index is 11.3. The molecule has 1 N–H and O–H groups in total. The number of rotatable bonds is 3. The number of piperidine rings is 1. The summed E-state index contributed by atoms with van der Waals surface area (Å²) >= 11 is 1.72. The predicted molar refractivity (Wildman–Crippen MR) is 76.4 cm³/mol. The minimum absolute atomic E-state index is 0.0862. The van der Waals surface area contributed by atoms with Crippen molar-refractivity contribution in [3.05, 3.63) is 15.6 Å². The van der Waals surface area contributed by atoms with E-state index in [-0.39, 0.29) is 12.0 Å². The summed E-state index contributed by atoms with van der Waals surface area (Å²) in [6, 6.07) is 0.524. The third-order valence-electron chi connectivity index (χ3n) is 4.21. The van der Waals surface area contributed by atoms with Gasteiger partial charge < -0.3 is 5.11 Å². The van der Waals surface area contributed by atoms with Crippen molar-refractivity contribution in [2.45, 2.75) is 59.2 Å². The first-order valence-electron chi connectivity index (χ1n) is 6.81. The van der Waals surface area contributed by atoms with E-state index in [9.17, 15) is 9.90 Å². The van der Waals surface area contributed by atoms with Crippen LogP contribution in [0.5, 0.6) is 0 Å². The van der Waals surface area contributed by atoms with Gasteiger partial charge in [-0.25, -0.2) is 4.98 Å². The summed E-state index contributed by atoms with van der Waals surface area (Å²) in [7, 11) is 0. The molecule has 0 bridgehead atoms. The largest absolute Gasteiger partial charge is 0.481 e. The lowest BCUT2D eigenvalue weighted by Gasteiger charge is -2.42. The Morgan fingerprint density at radius 3 is 2.63 bits per heavy atom. The van der Waals surface area contributed by atoms with Crippen LogP contribution in [0.4, 0.5) is 0 Å². The Morgan fingerprint density at radius 1 is 1.42 bits per heavy atom. The van der Waals surface area contributed by atoms with Crippen molar-refractivity contribution in [3.63, 3.8) is 0 Å². The second-order valence-electron chi connectivity index (χ2n) is 5.53. The smallest absolute Gasteiger partial charge is 0.308 e. The third kappa shape index (κ3) is 2.98. The van der Waals surface area contributed by atoms with Crippen molar-refractivity contribution in [2.24, 2.45) is 5.92 Å². The first-order chi connectivity index (χ1) is 8.90. The molecule has 2 heterocycles. The summed E-state index contributed by atoms with van der Waals surface area (Å²) < 4.78 is 0. The topological polar surface area (TPSA) is 53.4 Å². The molecule has 1 aromatic heterocycles. The Kier molecular flexibility index (Phi) is 4.26. The zero-order chi connectivity index (χ0) is 14.2. The maximum atomic E-state index is 11.3. The Hall–Kier alpha value is -0.940. The molecule has 5 heteroatoms. The quantitative estimate of drug-likeness (QED) is 0.926. The number of carbonyl (C=O) groups is 1. The Bertz CT molecular complexity index is 472. The molecule has 0 spiro atoms. The number of aromatic nitrogens is 1. The number of nitrogens with zero attached hydrogens (tertiary/aromatic N) is 2. The van der Waals surface area contributed by atoms with Crippen LogP contribution in [0.15, 0.2) is 0 Å². The molecule has 1 aliphatic rings. The Morgan fingerprint density at radius 2 is 2.11 bits per heavy atom. The van der Waals surface area contributed by atoms with Crippen LogP contribution >= 0.6 is 11.3 Å². The molecule has 3 atom stereocenters. The van der Waals surface area contributed by atoms with E-state index >= 15 is 0 Å². The van der Waals surface area contributed by atoms with Crippen molar-refractivity contribution >= 4 is 17.3 Å². The van der Waals surface area contributed by atoms with Gasteiger partial charge in [-0.05, 0) is 40.5 Å². The highest BCUT2D eigenvalue weighted by molar-refractivity contribution is 7.11. The van der Waals surface area contributed by atoms with Gasteiger partial charge in [0.25, 0.3) is 0 Å². The van der Waals surface area contributed by atoms with Crippen LogP contribution in [-0.2, 0) is 11.3 Å². The standard InChI is InChI=1S/C14H22N2O2S/c1-8-5-6-12(14(17)18)10(3)16(8)7-13-9(2)15-11(4)19-13/h8,10,12H,5-7H2,1-4H3,(H,17,18). The molecular formula is C14H22N2O2S. The summed E-state index contributed by atoms with van der Waals surface area (Å²) in [5.41, 5.74) is 1.08. The number of thiazole rings is 1. The van der Waals surface area contributed by atoms with Crippen molar-refractivity contribution in [3.8, 4) is 0 Å². The highest BCUT2D eigenvalue weighted by Crippen LogP contribution is 2.31. The van der Waals surface area contributed by atoms with Gasteiger partial charge in [0.2, 0.25) is 0 Å². The lowest BCUT2D eigenvalue weighted by Crippen LogP contribution is -2.50. The fraction of sp³-hybridized carbons (Fsp3) is 0.714. The number of aliphatic carboxylic acids is 1. The summed E-state index contributed by atoms with van der Waals surface area (Å²) in [5, 5.41) is 10.4. The predicted octanol–water partition coefficient (Wildman–Crippen LogP) is 2.83. The number of hydrogen-bond donors (Lipinski definition) is 1. The molecule has 0 saturated carbocycles. The maximum Gasteiger partial charge on any atom is 0.308 e. The van der Waals surface area contributed by atoms with Crippen molar-refractivity contribution in [1.82, 2.24) is 9.88 Å². The number of likely N-dealkylation sites (tertiary alicyclic amines) is 1. The van der Waals surface area contributed by atoms with E-state index in [2.05, 4.69) is 16.8 Å². The van der Waals surface area contributed by atoms with Crippen LogP contribution in [0.25, 0.3) is 0 Å². The molecule has 1 aliphatic heterocycles. The first-order valence-corrected chi connectivity index (χ1v) is 7.63. The molecule has 1 saturated heterocycles. The molecule has 106 valence electrons. The lowest BCUT2D eigenvalue weighted by molar-refractivity contribution is -0.146. The minimum Gasteiger partial charge on any atom is -0.481 e. The molecule has 0 radical (unpaired) electrons. The molecule has 1 fully saturated rings. The van der Waals surface area contributed by atoms with Crippen LogP contribution in [0.2, 0.25) is 0 Å². The Labute approximate surface area is 118 Å².